The Hall–Kier alpha value is -7.84. The van der Waals surface area contributed by atoms with E-state index >= 15 is 0 Å². The van der Waals surface area contributed by atoms with Crippen LogP contribution >= 0.6 is 70.1 Å². The van der Waals surface area contributed by atoms with Gasteiger partial charge < -0.3 is 71.5 Å². The number of carboxylic acid groups (broad SMARTS) is 1. The Morgan fingerprint density at radius 2 is 0.857 bits per heavy atom. The Bertz CT molecular complexity index is 3860. The van der Waals surface area contributed by atoms with Crippen LogP contribution in [-0.2, 0) is 74.6 Å². The molecule has 0 unspecified atom stereocenters. The number of esters is 7. The van der Waals surface area contributed by atoms with Crippen molar-refractivity contribution < 1.29 is 106 Å². The Morgan fingerprint density at radius 3 is 1.22 bits per heavy atom. The number of hydrogen-bond acceptors (Lipinski definition) is 25. The molecule has 0 amide bonds. The van der Waals surface area contributed by atoms with E-state index in [4.69, 9.17) is 41.4 Å². The summed E-state index contributed by atoms with van der Waals surface area (Å²) in [6.07, 6.45) is 5.01. The SMILES string of the molecule is CCOC(=O)C(C(=O)OCC)=C(Nc1ccccc1)SC.CCOC(=O)C(C(=O)OCC)=C([S-])Nc1ccccc1.CCOC(=O)CC(=O)OCC.CCOC(=O)c1c(SC)[nH]c2ccccc2c1=O.CI.CSc1[nH]c2ccccc2c(=O)c1C(=O)O.S=C=Nc1ccccc1.[Na+]. The van der Waals surface area contributed by atoms with Gasteiger partial charge in [-0.25, -0.2) is 28.8 Å². The second-order valence-electron chi connectivity index (χ2n) is 17.6. The van der Waals surface area contributed by atoms with Crippen molar-refractivity contribution >= 4 is 175 Å². The van der Waals surface area contributed by atoms with Crippen LogP contribution < -0.4 is 51.0 Å². The van der Waals surface area contributed by atoms with Gasteiger partial charge in [0, 0.05) is 22.1 Å². The number of carbonyl (C=O) groups is 8. The van der Waals surface area contributed by atoms with Gasteiger partial charge >= 0.3 is 77.3 Å². The summed E-state index contributed by atoms with van der Waals surface area (Å²) in [5, 5.41) is 19.4. The number of fused-ring (bicyclic) bond motifs is 2. The smallest absolute Gasteiger partial charge is 0.761 e. The van der Waals surface area contributed by atoms with E-state index in [9.17, 15) is 47.9 Å². The molecule has 0 aliphatic rings. The normalized spacial score (nSPS) is 9.47. The molecule has 0 aliphatic heterocycles. The molecule has 2 heterocycles. The number of pyridine rings is 2. The predicted octanol–water partition coefficient (Wildman–Crippen LogP) is 10.1. The van der Waals surface area contributed by atoms with Crippen LogP contribution in [0.15, 0.2) is 185 Å². The van der Waals surface area contributed by atoms with Crippen LogP contribution in [0.4, 0.5) is 17.1 Å². The molecule has 7 rings (SSSR count). The third-order valence-corrected chi connectivity index (χ3v) is 13.9. The molecule has 2 aromatic heterocycles. The molecular formula is C68H77IN5NaO18S5. The molecule has 0 spiro atoms. The van der Waals surface area contributed by atoms with Gasteiger partial charge in [-0.2, -0.15) is 4.99 Å². The van der Waals surface area contributed by atoms with E-state index in [0.717, 1.165) is 16.9 Å². The van der Waals surface area contributed by atoms with Crippen molar-refractivity contribution in [3.05, 3.63) is 192 Å². The Labute approximate surface area is 628 Å². The number of isothiocyanates is 1. The average Bonchev–Trinajstić information content (AvgIpc) is 0.796. The molecule has 0 bridgehead atoms. The summed E-state index contributed by atoms with van der Waals surface area (Å²) in [5.74, 6) is -5.81. The standard InChI is InChI=1S/C15H19NO4S.C14H17NO4S.C13H13NO3S.C11H9NO3S.C7H5NS.C7H12O4.CH3I.Na/c1-4-19-14(17)12(15(18)20-5-2)13(21-3)16-11-9-7-6-8-10-11;1-3-18-13(16)11(14(17)19-4-2)12(20)15-10-8-6-5-7-9-10;1-3-17-13(16)10-11(15)8-6-4-5-7-9(8)14-12(10)18-2;1-16-10-8(11(14)15)9(13)6-4-2-3-5-7(6)12-10;9-6-8-7-4-2-1-3-5-7;1-3-10-6(8)5-7(9)11-4-2;1-2;/h6-10,16H,4-5H2,1-3H3;5-9,15,20H,3-4H2,1-2H3;4-7H,3H2,1-2H3,(H,14,15);2-5H,1H3,(H,12,13)(H,14,15);1-5H;3-5H2,1-2H3;1H3;/q;;;;;;;+1/p-1. The summed E-state index contributed by atoms with van der Waals surface area (Å²) in [4.78, 5) is 128. The molecule has 98 heavy (non-hydrogen) atoms. The van der Waals surface area contributed by atoms with Crippen LogP contribution in [0.3, 0.4) is 0 Å². The number of aliphatic imine (C=N–C) groups is 1. The van der Waals surface area contributed by atoms with Crippen LogP contribution in [0.5, 0.6) is 0 Å². The average molecular weight is 1560 g/mol. The minimum absolute atomic E-state index is 0. The number of aromatic nitrogens is 2. The largest absolute Gasteiger partial charge is 1.00 e. The zero-order valence-electron chi connectivity index (χ0n) is 56.2. The number of anilines is 2. The van der Waals surface area contributed by atoms with E-state index in [-0.39, 0.29) is 115 Å². The van der Waals surface area contributed by atoms with Gasteiger partial charge in [-0.3, -0.25) is 19.2 Å². The molecule has 0 saturated heterocycles. The number of benzene rings is 5. The first-order chi connectivity index (χ1) is 46.7. The van der Waals surface area contributed by atoms with Crippen LogP contribution in [-0.4, -0.2) is 138 Å². The van der Waals surface area contributed by atoms with E-state index in [1.54, 1.807) is 122 Å². The molecule has 30 heteroatoms. The van der Waals surface area contributed by atoms with Gasteiger partial charge in [-0.15, -0.1) is 35.3 Å². The number of thioether (sulfide) groups is 3. The van der Waals surface area contributed by atoms with Crippen molar-refractivity contribution in [1.82, 2.24) is 9.97 Å². The number of ether oxygens (including phenoxy) is 7. The Balaban J connectivity index is 0.00000116. The van der Waals surface area contributed by atoms with Gasteiger partial charge in [0.1, 0.15) is 23.1 Å². The molecule has 0 saturated carbocycles. The maximum Gasteiger partial charge on any atom is 1.00 e. The molecule has 0 atom stereocenters. The van der Waals surface area contributed by atoms with Crippen molar-refractivity contribution in [2.45, 2.75) is 64.9 Å². The van der Waals surface area contributed by atoms with Gasteiger partial charge in [-0.05, 0) is 145 Å². The van der Waals surface area contributed by atoms with Crippen molar-refractivity contribution in [3.63, 3.8) is 0 Å². The van der Waals surface area contributed by atoms with Crippen LogP contribution in [0.2, 0.25) is 0 Å². The first kappa shape index (κ1) is 90.2. The minimum atomic E-state index is -1.20. The molecule has 0 radical (unpaired) electrons. The predicted molar refractivity (Wildman–Crippen MR) is 396 cm³/mol. The van der Waals surface area contributed by atoms with Crippen molar-refractivity contribution in [2.24, 2.45) is 4.99 Å². The maximum absolute atomic E-state index is 12.3. The number of H-pyrrole nitrogens is 2. The minimum Gasteiger partial charge on any atom is -0.761 e. The van der Waals surface area contributed by atoms with E-state index in [1.165, 1.54) is 35.3 Å². The summed E-state index contributed by atoms with van der Waals surface area (Å²) in [6.45, 7) is 13.2. The molecule has 7 aromatic rings. The van der Waals surface area contributed by atoms with Crippen molar-refractivity contribution in [1.29, 1.82) is 0 Å². The Morgan fingerprint density at radius 1 is 0.510 bits per heavy atom. The fourth-order valence-electron chi connectivity index (χ4n) is 7.35. The van der Waals surface area contributed by atoms with Crippen LogP contribution in [0, 0.1) is 0 Å². The number of nitrogens with zero attached hydrogens (tertiary/aromatic N) is 1. The summed E-state index contributed by atoms with van der Waals surface area (Å²) in [7, 11) is 0. The van der Waals surface area contributed by atoms with Gasteiger partial charge in [0.15, 0.2) is 5.57 Å². The van der Waals surface area contributed by atoms with Gasteiger partial charge in [0.2, 0.25) is 10.9 Å². The quantitative estimate of drug-likeness (QED) is 0.00323. The van der Waals surface area contributed by atoms with Crippen molar-refractivity contribution in [3.8, 4) is 0 Å². The van der Waals surface area contributed by atoms with Crippen LogP contribution in [0.1, 0.15) is 75.6 Å². The zero-order valence-corrected chi connectivity index (χ0v) is 64.4. The summed E-state index contributed by atoms with van der Waals surface area (Å²) in [6, 6.07) is 41.7. The number of para-hydroxylation sites is 5. The summed E-state index contributed by atoms with van der Waals surface area (Å²) < 4.78 is 33.5. The number of carbonyl (C=O) groups excluding carboxylic acids is 7. The molecular weight excluding hydrogens is 1480 g/mol. The van der Waals surface area contributed by atoms with E-state index in [1.807, 2.05) is 90.0 Å². The second kappa shape index (κ2) is 53.2. The topological polar surface area (TPSA) is 324 Å². The van der Waals surface area contributed by atoms with Crippen LogP contribution in [0.25, 0.3) is 21.8 Å². The zero-order chi connectivity index (χ0) is 72.7. The number of nitrogens with one attached hydrogen (secondary N) is 4. The van der Waals surface area contributed by atoms with Gasteiger partial charge in [0.25, 0.3) is 0 Å². The molecule has 5 N–H and O–H groups in total. The first-order valence-corrected chi connectivity index (χ1v) is 36.0. The van der Waals surface area contributed by atoms with Gasteiger partial charge in [0.05, 0.1) is 83.2 Å². The molecule has 0 aliphatic carbocycles. The maximum atomic E-state index is 12.3. The molecule has 0 fully saturated rings. The number of carboxylic acids is 1. The van der Waals surface area contributed by atoms with E-state index in [2.05, 4.69) is 75.0 Å². The monoisotopic (exact) mass is 1560 g/mol. The second-order valence-corrected chi connectivity index (χ2v) is 20.7. The number of alkyl halides is 1. The third-order valence-electron chi connectivity index (χ3n) is 11.3. The number of halogens is 1. The number of aromatic carboxylic acids is 1. The van der Waals surface area contributed by atoms with Gasteiger partial charge in [-0.1, -0.05) is 106 Å². The first-order valence-electron chi connectivity index (χ1n) is 29.3. The van der Waals surface area contributed by atoms with E-state index < -0.39 is 53.2 Å². The molecule has 520 valence electrons. The number of rotatable bonds is 23. The molecule has 5 aromatic carbocycles. The fourth-order valence-corrected chi connectivity index (χ4v) is 9.51. The number of thiocarbonyl (C=S) groups is 1. The number of hydrogen-bond donors (Lipinski definition) is 5. The van der Waals surface area contributed by atoms with E-state index in [0.29, 0.717) is 37.1 Å². The third kappa shape index (κ3) is 32.2. The summed E-state index contributed by atoms with van der Waals surface area (Å²) in [5.41, 5.74) is 2.43. The van der Waals surface area contributed by atoms with Crippen molar-refractivity contribution in [2.75, 3.05) is 80.6 Å². The number of aromatic amines is 2. The molecule has 23 nitrogen and oxygen atoms in total. The fraction of sp³-hybridized carbons (Fsp3) is 0.279. The Kier molecular flexibility index (Phi) is 48.9. The summed E-state index contributed by atoms with van der Waals surface area (Å²) >= 11 is 15.4.